The third kappa shape index (κ3) is 3.80. The highest BCUT2D eigenvalue weighted by Crippen LogP contribution is 2.29. The fourth-order valence-electron chi connectivity index (χ4n) is 2.39. The van der Waals surface area contributed by atoms with Gasteiger partial charge in [-0.3, -0.25) is 0 Å². The standard InChI is InChI=1S/C21H15N2O2/c22-23-19(16-10-4-1-5-11-16)20(17-12-6-2-7-13-17)25-21(24)18-14-8-3-9-15-18/h1-15H/q+1/b20-19-. The van der Waals surface area contributed by atoms with Crippen molar-refractivity contribution in [2.75, 3.05) is 0 Å². The summed E-state index contributed by atoms with van der Waals surface area (Å²) in [4.78, 5) is 15.9. The third-order valence-corrected chi connectivity index (χ3v) is 3.60. The molecule has 120 valence electrons. The van der Waals surface area contributed by atoms with Gasteiger partial charge in [0.25, 0.3) is 0 Å². The van der Waals surface area contributed by atoms with Gasteiger partial charge in [0.2, 0.25) is 11.2 Å². The predicted molar refractivity (Wildman–Crippen MR) is 96.6 cm³/mol. The first-order valence-electron chi connectivity index (χ1n) is 7.77. The maximum atomic E-state index is 12.5. The number of carbonyl (C=O) groups excluding carboxylic acids is 1. The van der Waals surface area contributed by atoms with Gasteiger partial charge in [0.1, 0.15) is 0 Å². The fourth-order valence-corrected chi connectivity index (χ4v) is 2.39. The molecule has 0 spiro atoms. The quantitative estimate of drug-likeness (QED) is 0.286. The summed E-state index contributed by atoms with van der Waals surface area (Å²) >= 11 is 0. The van der Waals surface area contributed by atoms with Crippen molar-refractivity contribution in [2.24, 2.45) is 0 Å². The average molecular weight is 327 g/mol. The molecule has 0 aliphatic heterocycles. The lowest BCUT2D eigenvalue weighted by molar-refractivity contribution is 0.0693. The van der Waals surface area contributed by atoms with Crippen LogP contribution in [0.3, 0.4) is 0 Å². The van der Waals surface area contributed by atoms with Crippen molar-refractivity contribution in [3.05, 3.63) is 113 Å². The Labute approximate surface area is 145 Å². The highest BCUT2D eigenvalue weighted by molar-refractivity contribution is 5.99. The van der Waals surface area contributed by atoms with Crippen molar-refractivity contribution in [2.45, 2.75) is 0 Å². The summed E-state index contributed by atoms with van der Waals surface area (Å²) in [5.41, 5.74) is 1.89. The molecule has 0 aliphatic carbocycles. The highest BCUT2D eigenvalue weighted by Gasteiger charge is 2.27. The van der Waals surface area contributed by atoms with Gasteiger partial charge in [-0.1, -0.05) is 66.7 Å². The predicted octanol–water partition coefficient (Wildman–Crippen LogP) is 5.22. The normalized spacial score (nSPS) is 11.2. The Hall–Kier alpha value is -3.71. The Morgan fingerprint density at radius 2 is 1.12 bits per heavy atom. The zero-order valence-corrected chi connectivity index (χ0v) is 13.4. The Morgan fingerprint density at radius 3 is 1.60 bits per heavy atom. The maximum Gasteiger partial charge on any atom is 0.434 e. The van der Waals surface area contributed by atoms with Crippen molar-refractivity contribution in [1.82, 2.24) is 0 Å². The molecule has 4 heteroatoms. The van der Waals surface area contributed by atoms with Gasteiger partial charge < -0.3 is 4.74 Å². The number of ether oxygens (including phenoxy) is 1. The number of carbonyl (C=O) groups is 1. The molecule has 3 aromatic rings. The molecule has 0 bridgehead atoms. The molecule has 0 unspecified atom stereocenters. The number of hydrogen-bond acceptors (Lipinski definition) is 3. The number of diazo groups is 1. The summed E-state index contributed by atoms with van der Waals surface area (Å²) in [7, 11) is 0. The van der Waals surface area contributed by atoms with Gasteiger partial charge in [-0.2, -0.15) is 0 Å². The first kappa shape index (κ1) is 16.2. The van der Waals surface area contributed by atoms with Gasteiger partial charge in [-0.25, -0.2) is 4.79 Å². The van der Waals surface area contributed by atoms with E-state index in [1.54, 1.807) is 48.5 Å². The van der Waals surface area contributed by atoms with E-state index in [9.17, 15) is 10.2 Å². The van der Waals surface area contributed by atoms with Crippen LogP contribution in [0, 0.1) is 5.39 Å². The molecule has 0 saturated heterocycles. The molecule has 25 heavy (non-hydrogen) atoms. The number of nitrogens with zero attached hydrogens (tertiary/aromatic N) is 2. The molecule has 0 aromatic heterocycles. The molecule has 3 rings (SSSR count). The molecule has 0 amide bonds. The Bertz CT molecular complexity index is 928. The van der Waals surface area contributed by atoms with Gasteiger partial charge in [0.15, 0.2) is 4.98 Å². The lowest BCUT2D eigenvalue weighted by Crippen LogP contribution is -2.06. The van der Waals surface area contributed by atoms with E-state index in [1.165, 1.54) is 0 Å². The van der Waals surface area contributed by atoms with Crippen molar-refractivity contribution >= 4 is 17.4 Å². The first-order valence-corrected chi connectivity index (χ1v) is 7.77. The fraction of sp³-hybridized carbons (Fsp3) is 0. The summed E-state index contributed by atoms with van der Waals surface area (Å²) < 4.78 is 5.62. The van der Waals surface area contributed by atoms with Crippen LogP contribution in [-0.2, 0) is 4.74 Å². The van der Waals surface area contributed by atoms with Crippen LogP contribution in [0.1, 0.15) is 21.5 Å². The Morgan fingerprint density at radius 1 is 0.680 bits per heavy atom. The van der Waals surface area contributed by atoms with E-state index in [-0.39, 0.29) is 11.5 Å². The molecule has 0 saturated carbocycles. The molecule has 0 atom stereocenters. The highest BCUT2D eigenvalue weighted by atomic mass is 16.5. The molecule has 0 heterocycles. The lowest BCUT2D eigenvalue weighted by Gasteiger charge is -2.07. The van der Waals surface area contributed by atoms with E-state index < -0.39 is 5.97 Å². The number of esters is 1. The second kappa shape index (κ2) is 7.71. The van der Waals surface area contributed by atoms with Gasteiger partial charge in [0, 0.05) is 5.56 Å². The van der Waals surface area contributed by atoms with E-state index in [4.69, 9.17) is 4.74 Å². The average Bonchev–Trinajstić information content (AvgIpc) is 2.70. The monoisotopic (exact) mass is 327 g/mol. The topological polar surface area (TPSA) is 54.4 Å². The molecule has 0 aliphatic rings. The smallest absolute Gasteiger partial charge is 0.414 e. The molecule has 0 N–H and O–H groups in total. The molecule has 3 aromatic carbocycles. The minimum atomic E-state index is -0.517. The van der Waals surface area contributed by atoms with Crippen LogP contribution in [0.25, 0.3) is 16.4 Å². The van der Waals surface area contributed by atoms with Crippen LogP contribution in [0.4, 0.5) is 0 Å². The van der Waals surface area contributed by atoms with Crippen molar-refractivity contribution in [1.29, 1.82) is 5.39 Å². The van der Waals surface area contributed by atoms with Crippen LogP contribution in [0.5, 0.6) is 0 Å². The van der Waals surface area contributed by atoms with Gasteiger partial charge in [-0.15, -0.1) is 0 Å². The van der Waals surface area contributed by atoms with E-state index in [0.717, 1.165) is 0 Å². The maximum absolute atomic E-state index is 12.5. The van der Waals surface area contributed by atoms with E-state index in [2.05, 4.69) is 4.98 Å². The molecular weight excluding hydrogens is 312 g/mol. The van der Waals surface area contributed by atoms with Gasteiger partial charge in [0.05, 0.1) is 11.1 Å². The van der Waals surface area contributed by atoms with Crippen LogP contribution in [0.15, 0.2) is 91.0 Å². The Balaban J connectivity index is 2.09. The van der Waals surface area contributed by atoms with Gasteiger partial charge in [-0.05, 0) is 24.3 Å². The summed E-state index contributed by atoms with van der Waals surface area (Å²) in [6.45, 7) is 0. The van der Waals surface area contributed by atoms with Crippen LogP contribution < -0.4 is 0 Å². The van der Waals surface area contributed by atoms with Crippen molar-refractivity contribution < 1.29 is 9.53 Å². The number of hydrogen-bond donors (Lipinski definition) is 0. The first-order chi connectivity index (χ1) is 12.3. The van der Waals surface area contributed by atoms with E-state index in [1.807, 2.05) is 42.5 Å². The summed E-state index contributed by atoms with van der Waals surface area (Å²) in [5.74, 6) is -0.320. The molecular formula is C21H15N2O2+. The SMILES string of the molecule is N#[N+]/C(=C(\OC(=O)c1ccccc1)c1ccccc1)c1ccccc1. The number of rotatable bonds is 4. The van der Waals surface area contributed by atoms with E-state index in [0.29, 0.717) is 16.7 Å². The molecule has 4 nitrogen and oxygen atoms in total. The second-order valence-corrected chi connectivity index (χ2v) is 5.27. The summed E-state index contributed by atoms with van der Waals surface area (Å²) in [6, 6.07) is 26.9. The minimum absolute atomic E-state index is 0.191. The summed E-state index contributed by atoms with van der Waals surface area (Å²) in [5, 5.41) is 9.57. The zero-order chi connectivity index (χ0) is 17.5. The lowest BCUT2D eigenvalue weighted by atomic mass is 10.1. The molecule has 0 fully saturated rings. The zero-order valence-electron chi connectivity index (χ0n) is 13.4. The van der Waals surface area contributed by atoms with Crippen molar-refractivity contribution in [3.8, 4) is 0 Å². The van der Waals surface area contributed by atoms with Crippen LogP contribution >= 0.6 is 0 Å². The third-order valence-electron chi connectivity index (χ3n) is 3.60. The second-order valence-electron chi connectivity index (χ2n) is 5.27. The summed E-state index contributed by atoms with van der Waals surface area (Å²) in [6.07, 6.45) is 0. The van der Waals surface area contributed by atoms with Gasteiger partial charge >= 0.3 is 11.7 Å². The van der Waals surface area contributed by atoms with Crippen molar-refractivity contribution in [3.63, 3.8) is 0 Å². The Kier molecular flexibility index (Phi) is 4.98. The number of benzene rings is 3. The van der Waals surface area contributed by atoms with Crippen LogP contribution in [-0.4, -0.2) is 5.97 Å². The molecule has 0 radical (unpaired) electrons. The van der Waals surface area contributed by atoms with Crippen LogP contribution in [0.2, 0.25) is 0 Å². The van der Waals surface area contributed by atoms with E-state index >= 15 is 0 Å². The largest absolute Gasteiger partial charge is 0.434 e. The minimum Gasteiger partial charge on any atom is -0.414 e.